The van der Waals surface area contributed by atoms with E-state index in [-0.39, 0.29) is 17.8 Å². The van der Waals surface area contributed by atoms with Crippen LogP contribution in [0.5, 0.6) is 0 Å². The first-order chi connectivity index (χ1) is 10.1. The fourth-order valence-electron chi connectivity index (χ4n) is 2.93. The lowest BCUT2D eigenvalue weighted by Crippen LogP contribution is -2.46. The smallest absolute Gasteiger partial charge is 0.222 e. The number of para-hydroxylation sites is 1. The van der Waals surface area contributed by atoms with E-state index in [2.05, 4.69) is 21.8 Å². The Bertz CT molecular complexity index is 687. The fourth-order valence-corrected chi connectivity index (χ4v) is 2.93. The Morgan fingerprint density at radius 3 is 2.81 bits per heavy atom. The maximum absolute atomic E-state index is 11.5. The van der Waals surface area contributed by atoms with Gasteiger partial charge in [0.2, 0.25) is 11.9 Å². The van der Waals surface area contributed by atoms with Crippen molar-refractivity contribution in [2.75, 3.05) is 17.2 Å². The van der Waals surface area contributed by atoms with Gasteiger partial charge in [-0.2, -0.15) is 4.98 Å². The summed E-state index contributed by atoms with van der Waals surface area (Å²) >= 11 is 0. The van der Waals surface area contributed by atoms with Crippen LogP contribution >= 0.6 is 0 Å². The van der Waals surface area contributed by atoms with Crippen LogP contribution in [0.2, 0.25) is 0 Å². The summed E-state index contributed by atoms with van der Waals surface area (Å²) in [7, 11) is 0. The van der Waals surface area contributed by atoms with Crippen LogP contribution in [0.25, 0.3) is 10.9 Å². The summed E-state index contributed by atoms with van der Waals surface area (Å²) in [6.45, 7) is 2.71. The van der Waals surface area contributed by atoms with Crippen LogP contribution in [0.4, 0.5) is 11.8 Å². The van der Waals surface area contributed by atoms with Crippen LogP contribution in [0.15, 0.2) is 24.3 Å². The number of anilines is 2. The predicted molar refractivity (Wildman–Crippen MR) is 82.7 cm³/mol. The molecule has 1 amide bonds. The van der Waals surface area contributed by atoms with Gasteiger partial charge in [0.05, 0.1) is 11.4 Å². The van der Waals surface area contributed by atoms with Crippen LogP contribution in [0, 0.1) is 5.92 Å². The largest absolute Gasteiger partial charge is 0.369 e. The number of piperidine rings is 1. The van der Waals surface area contributed by atoms with Crippen molar-refractivity contribution in [2.24, 2.45) is 11.7 Å². The Morgan fingerprint density at radius 1 is 1.29 bits per heavy atom. The van der Waals surface area contributed by atoms with Gasteiger partial charge in [-0.3, -0.25) is 4.79 Å². The number of fused-ring (bicyclic) bond motifs is 1. The van der Waals surface area contributed by atoms with E-state index in [1.807, 2.05) is 24.3 Å². The molecule has 1 aromatic carbocycles. The van der Waals surface area contributed by atoms with Gasteiger partial charge in [-0.05, 0) is 31.9 Å². The summed E-state index contributed by atoms with van der Waals surface area (Å²) in [5, 5.41) is 0.948. The second-order valence-corrected chi connectivity index (χ2v) is 5.60. The molecule has 21 heavy (non-hydrogen) atoms. The maximum Gasteiger partial charge on any atom is 0.222 e. The summed E-state index contributed by atoms with van der Waals surface area (Å²) in [4.78, 5) is 22.3. The number of aromatic nitrogens is 2. The fraction of sp³-hybridized carbons (Fsp3) is 0.400. The molecule has 2 unspecified atom stereocenters. The quantitative estimate of drug-likeness (QED) is 0.866. The van der Waals surface area contributed by atoms with Gasteiger partial charge in [0.25, 0.3) is 0 Å². The van der Waals surface area contributed by atoms with Gasteiger partial charge in [-0.15, -0.1) is 0 Å². The normalized spacial score (nSPS) is 22.4. The monoisotopic (exact) mass is 285 g/mol. The van der Waals surface area contributed by atoms with E-state index in [0.717, 1.165) is 29.6 Å². The second-order valence-electron chi connectivity index (χ2n) is 5.60. The molecule has 2 aromatic rings. The van der Waals surface area contributed by atoms with E-state index in [0.29, 0.717) is 12.6 Å². The van der Waals surface area contributed by atoms with E-state index >= 15 is 0 Å². The number of primary amides is 1. The zero-order chi connectivity index (χ0) is 15.0. The van der Waals surface area contributed by atoms with Crippen molar-refractivity contribution in [3.05, 3.63) is 24.3 Å². The number of hydrogen-bond acceptors (Lipinski definition) is 5. The molecular weight excluding hydrogens is 266 g/mol. The number of nitrogens with two attached hydrogens (primary N) is 2. The molecular formula is C15H19N5O. The average Bonchev–Trinajstić information content (AvgIpc) is 2.46. The first-order valence-electron chi connectivity index (χ1n) is 7.14. The minimum atomic E-state index is -0.252. The highest BCUT2D eigenvalue weighted by atomic mass is 16.1. The second kappa shape index (κ2) is 5.20. The highest BCUT2D eigenvalue weighted by Gasteiger charge is 2.30. The number of benzene rings is 1. The highest BCUT2D eigenvalue weighted by Crippen LogP contribution is 2.31. The lowest BCUT2D eigenvalue weighted by Gasteiger charge is -2.38. The first-order valence-corrected chi connectivity index (χ1v) is 7.14. The van der Waals surface area contributed by atoms with E-state index in [9.17, 15) is 4.79 Å². The SMILES string of the molecule is CC1CCC(C(N)=O)CN1c1nc(N)nc2ccccc12. The molecule has 6 heteroatoms. The lowest BCUT2D eigenvalue weighted by molar-refractivity contribution is -0.122. The molecule has 1 fully saturated rings. The number of rotatable bonds is 2. The van der Waals surface area contributed by atoms with Crippen LogP contribution < -0.4 is 16.4 Å². The molecule has 4 N–H and O–H groups in total. The minimum absolute atomic E-state index is 0.142. The topological polar surface area (TPSA) is 98.1 Å². The highest BCUT2D eigenvalue weighted by molar-refractivity contribution is 5.91. The standard InChI is InChI=1S/C15H19N5O/c1-9-6-7-10(13(16)21)8-20(9)14-11-4-2-3-5-12(11)18-15(17)19-14/h2-5,9-10H,6-8H2,1H3,(H2,16,21)(H2,17,18,19). The summed E-state index contributed by atoms with van der Waals surface area (Å²) in [5.74, 6) is 0.642. The Labute approximate surface area is 123 Å². The van der Waals surface area contributed by atoms with Crippen molar-refractivity contribution in [2.45, 2.75) is 25.8 Å². The zero-order valence-electron chi connectivity index (χ0n) is 12.0. The van der Waals surface area contributed by atoms with Crippen molar-refractivity contribution in [3.8, 4) is 0 Å². The van der Waals surface area contributed by atoms with Gasteiger partial charge in [0.15, 0.2) is 0 Å². The Kier molecular flexibility index (Phi) is 3.37. The third-order valence-corrected chi connectivity index (χ3v) is 4.16. The van der Waals surface area contributed by atoms with Gasteiger partial charge >= 0.3 is 0 Å². The Balaban J connectivity index is 2.07. The minimum Gasteiger partial charge on any atom is -0.369 e. The average molecular weight is 285 g/mol. The van der Waals surface area contributed by atoms with E-state index in [4.69, 9.17) is 11.5 Å². The summed E-state index contributed by atoms with van der Waals surface area (Å²) < 4.78 is 0. The van der Waals surface area contributed by atoms with Gasteiger partial charge < -0.3 is 16.4 Å². The van der Waals surface area contributed by atoms with E-state index in [1.54, 1.807) is 0 Å². The molecule has 2 atom stereocenters. The zero-order valence-corrected chi connectivity index (χ0v) is 12.0. The number of carbonyl (C=O) groups is 1. The van der Waals surface area contributed by atoms with Crippen molar-refractivity contribution >= 4 is 28.6 Å². The van der Waals surface area contributed by atoms with Gasteiger partial charge in [0.1, 0.15) is 5.82 Å². The molecule has 0 radical (unpaired) electrons. The molecule has 110 valence electrons. The lowest BCUT2D eigenvalue weighted by atomic mass is 9.92. The van der Waals surface area contributed by atoms with Crippen molar-refractivity contribution in [1.82, 2.24) is 9.97 Å². The maximum atomic E-state index is 11.5. The van der Waals surface area contributed by atoms with Gasteiger partial charge in [0, 0.05) is 18.0 Å². The molecule has 1 aromatic heterocycles. The number of nitrogen functional groups attached to an aromatic ring is 1. The Morgan fingerprint density at radius 2 is 2.05 bits per heavy atom. The number of carbonyl (C=O) groups excluding carboxylic acids is 1. The number of amides is 1. The van der Waals surface area contributed by atoms with E-state index in [1.165, 1.54) is 0 Å². The Hall–Kier alpha value is -2.37. The van der Waals surface area contributed by atoms with Crippen LogP contribution in [0.3, 0.4) is 0 Å². The molecule has 2 heterocycles. The molecule has 0 spiro atoms. The van der Waals surface area contributed by atoms with Crippen LogP contribution in [0.1, 0.15) is 19.8 Å². The molecule has 1 saturated heterocycles. The molecule has 1 aliphatic rings. The van der Waals surface area contributed by atoms with Crippen molar-refractivity contribution < 1.29 is 4.79 Å². The first kappa shape index (κ1) is 13.6. The van der Waals surface area contributed by atoms with Crippen LogP contribution in [-0.4, -0.2) is 28.5 Å². The van der Waals surface area contributed by atoms with Crippen molar-refractivity contribution in [3.63, 3.8) is 0 Å². The predicted octanol–water partition coefficient (Wildman–Crippen LogP) is 1.30. The van der Waals surface area contributed by atoms with Gasteiger partial charge in [-0.25, -0.2) is 4.98 Å². The summed E-state index contributed by atoms with van der Waals surface area (Å²) in [5.41, 5.74) is 12.1. The molecule has 1 aliphatic heterocycles. The van der Waals surface area contributed by atoms with Crippen molar-refractivity contribution in [1.29, 1.82) is 0 Å². The summed E-state index contributed by atoms with van der Waals surface area (Å²) in [6.07, 6.45) is 1.73. The molecule has 0 saturated carbocycles. The number of hydrogen-bond donors (Lipinski definition) is 2. The van der Waals surface area contributed by atoms with Gasteiger partial charge in [-0.1, -0.05) is 12.1 Å². The molecule has 0 bridgehead atoms. The third-order valence-electron chi connectivity index (χ3n) is 4.16. The van der Waals surface area contributed by atoms with Crippen LogP contribution in [-0.2, 0) is 4.79 Å². The molecule has 6 nitrogen and oxygen atoms in total. The molecule has 0 aliphatic carbocycles. The summed E-state index contributed by atoms with van der Waals surface area (Å²) in [6, 6.07) is 8.05. The van der Waals surface area contributed by atoms with E-state index < -0.39 is 0 Å². The number of nitrogens with zero attached hydrogens (tertiary/aromatic N) is 3. The molecule has 3 rings (SSSR count). The third kappa shape index (κ3) is 2.49.